The van der Waals surface area contributed by atoms with Crippen LogP contribution in [0.15, 0.2) is 18.2 Å². The fourth-order valence-corrected chi connectivity index (χ4v) is 1.80. The van der Waals surface area contributed by atoms with Crippen molar-refractivity contribution in [3.8, 4) is 11.4 Å². The van der Waals surface area contributed by atoms with Gasteiger partial charge in [-0.15, -0.1) is 5.10 Å². The second-order valence-corrected chi connectivity index (χ2v) is 3.80. The lowest BCUT2D eigenvalue weighted by molar-refractivity contribution is -0.384. The minimum atomic E-state index is -0.477. The smallest absolute Gasteiger partial charge is 0.271 e. The quantitative estimate of drug-likeness (QED) is 0.658. The third-order valence-corrected chi connectivity index (χ3v) is 2.73. The van der Waals surface area contributed by atoms with E-state index >= 15 is 0 Å². The molecular formula is C11H13N5O3. The first-order chi connectivity index (χ1) is 9.08. The molecule has 0 atom stereocenters. The first kappa shape index (κ1) is 12.8. The van der Waals surface area contributed by atoms with Crippen molar-refractivity contribution in [1.29, 1.82) is 0 Å². The van der Waals surface area contributed by atoms with Crippen LogP contribution >= 0.6 is 0 Å². The molecule has 0 fully saturated rings. The van der Waals surface area contributed by atoms with Gasteiger partial charge in [-0.2, -0.15) is 0 Å². The van der Waals surface area contributed by atoms with Crippen LogP contribution in [0.3, 0.4) is 0 Å². The summed E-state index contributed by atoms with van der Waals surface area (Å²) in [6.45, 7) is 1.90. The van der Waals surface area contributed by atoms with Gasteiger partial charge in [-0.1, -0.05) is 12.1 Å². The Balaban J connectivity index is 2.64. The summed E-state index contributed by atoms with van der Waals surface area (Å²) in [6.07, 6.45) is 0.602. The molecule has 0 saturated heterocycles. The number of methoxy groups -OCH3 is 1. The number of rotatable bonds is 4. The first-order valence-electron chi connectivity index (χ1n) is 5.61. The van der Waals surface area contributed by atoms with Gasteiger partial charge in [0.25, 0.3) is 5.69 Å². The first-order valence-corrected chi connectivity index (χ1v) is 5.61. The molecular weight excluding hydrogens is 250 g/mol. The summed E-state index contributed by atoms with van der Waals surface area (Å²) in [7, 11) is 1.48. The number of benzene rings is 1. The van der Waals surface area contributed by atoms with E-state index < -0.39 is 4.92 Å². The maximum Gasteiger partial charge on any atom is 0.271 e. The molecule has 0 spiro atoms. The van der Waals surface area contributed by atoms with Crippen molar-refractivity contribution in [2.75, 3.05) is 12.8 Å². The molecule has 0 aliphatic rings. The molecule has 19 heavy (non-hydrogen) atoms. The highest BCUT2D eigenvalue weighted by Crippen LogP contribution is 2.28. The highest BCUT2D eigenvalue weighted by Gasteiger charge is 2.17. The maximum absolute atomic E-state index is 10.8. The van der Waals surface area contributed by atoms with Crippen molar-refractivity contribution in [1.82, 2.24) is 15.0 Å². The van der Waals surface area contributed by atoms with Crippen LogP contribution in [-0.4, -0.2) is 27.0 Å². The lowest BCUT2D eigenvalue weighted by Crippen LogP contribution is -2.05. The molecule has 8 nitrogen and oxygen atoms in total. The molecule has 0 aliphatic carbocycles. The molecule has 0 saturated carbocycles. The molecule has 0 unspecified atom stereocenters. The van der Waals surface area contributed by atoms with Crippen LogP contribution in [0.2, 0.25) is 0 Å². The van der Waals surface area contributed by atoms with Crippen molar-refractivity contribution < 1.29 is 9.66 Å². The van der Waals surface area contributed by atoms with Crippen molar-refractivity contribution >= 4 is 11.5 Å². The van der Waals surface area contributed by atoms with Crippen molar-refractivity contribution in [2.24, 2.45) is 0 Å². The summed E-state index contributed by atoms with van der Waals surface area (Å²) >= 11 is 0. The Hall–Kier alpha value is -2.64. The Bertz CT molecular complexity index is 623. The van der Waals surface area contributed by atoms with Gasteiger partial charge in [-0.3, -0.25) is 10.1 Å². The number of anilines is 1. The number of nitrogen functional groups attached to an aromatic ring is 1. The largest absolute Gasteiger partial charge is 0.494 e. The van der Waals surface area contributed by atoms with Gasteiger partial charge in [0.2, 0.25) is 0 Å². The molecule has 1 aromatic heterocycles. The lowest BCUT2D eigenvalue weighted by Gasteiger charge is -2.09. The Morgan fingerprint density at radius 1 is 1.53 bits per heavy atom. The normalized spacial score (nSPS) is 10.4. The summed E-state index contributed by atoms with van der Waals surface area (Å²) < 4.78 is 6.65. The number of aromatic nitrogens is 3. The molecule has 0 bridgehead atoms. The summed E-state index contributed by atoms with van der Waals surface area (Å²) in [5, 5.41) is 18.5. The summed E-state index contributed by atoms with van der Waals surface area (Å²) in [5.74, 6) is 0.765. The monoisotopic (exact) mass is 263 g/mol. The fourth-order valence-electron chi connectivity index (χ4n) is 1.80. The molecule has 2 N–H and O–H groups in total. The molecule has 1 aromatic carbocycles. The van der Waals surface area contributed by atoms with Crippen LogP contribution in [0.5, 0.6) is 5.75 Å². The van der Waals surface area contributed by atoms with Gasteiger partial charge >= 0.3 is 0 Å². The van der Waals surface area contributed by atoms with Gasteiger partial charge in [0, 0.05) is 12.1 Å². The van der Waals surface area contributed by atoms with Crippen molar-refractivity contribution in [2.45, 2.75) is 13.3 Å². The van der Waals surface area contributed by atoms with E-state index in [4.69, 9.17) is 10.5 Å². The van der Waals surface area contributed by atoms with E-state index in [0.29, 0.717) is 29.4 Å². The highest BCUT2D eigenvalue weighted by atomic mass is 16.6. The predicted octanol–water partition coefficient (Wildman–Crippen LogP) is 1.33. The van der Waals surface area contributed by atoms with Crippen LogP contribution in [0.1, 0.15) is 12.6 Å². The Morgan fingerprint density at radius 3 is 2.84 bits per heavy atom. The molecule has 100 valence electrons. The van der Waals surface area contributed by atoms with Gasteiger partial charge < -0.3 is 10.5 Å². The molecule has 2 rings (SSSR count). The van der Waals surface area contributed by atoms with Crippen LogP contribution in [0, 0.1) is 10.1 Å². The van der Waals surface area contributed by atoms with Crippen molar-refractivity contribution in [3.05, 3.63) is 34.0 Å². The van der Waals surface area contributed by atoms with E-state index in [1.807, 2.05) is 6.92 Å². The zero-order chi connectivity index (χ0) is 14.0. The minimum absolute atomic E-state index is 0.0491. The SMILES string of the molecule is CCc1c(N)nnn1-c1cc([N+](=O)[O-])ccc1OC. The lowest BCUT2D eigenvalue weighted by atomic mass is 10.2. The minimum Gasteiger partial charge on any atom is -0.494 e. The van der Waals surface area contributed by atoms with Gasteiger partial charge in [-0.25, -0.2) is 4.68 Å². The molecule has 1 heterocycles. The summed E-state index contributed by atoms with van der Waals surface area (Å²) in [4.78, 5) is 10.4. The zero-order valence-electron chi connectivity index (χ0n) is 10.5. The highest BCUT2D eigenvalue weighted by molar-refractivity contribution is 5.55. The van der Waals surface area contributed by atoms with E-state index in [1.165, 1.54) is 30.0 Å². The van der Waals surface area contributed by atoms with E-state index in [9.17, 15) is 10.1 Å². The third kappa shape index (κ3) is 2.19. The average Bonchev–Trinajstić information content (AvgIpc) is 2.78. The second kappa shape index (κ2) is 4.92. The number of nitro groups is 1. The molecule has 0 aliphatic heterocycles. The van der Waals surface area contributed by atoms with E-state index in [-0.39, 0.29) is 5.69 Å². The Kier molecular flexibility index (Phi) is 3.32. The number of nitro benzene ring substituents is 1. The molecule has 0 amide bonds. The van der Waals surface area contributed by atoms with E-state index in [0.717, 1.165) is 0 Å². The van der Waals surface area contributed by atoms with Gasteiger partial charge in [0.05, 0.1) is 17.7 Å². The fraction of sp³-hybridized carbons (Fsp3) is 0.273. The summed E-state index contributed by atoms with van der Waals surface area (Å²) in [5.41, 5.74) is 6.78. The van der Waals surface area contributed by atoms with Crippen LogP contribution in [0.25, 0.3) is 5.69 Å². The Labute approximate surface area is 108 Å². The van der Waals surface area contributed by atoms with E-state index in [1.54, 1.807) is 0 Å². The number of nitrogens with zero attached hydrogens (tertiary/aromatic N) is 4. The van der Waals surface area contributed by atoms with Crippen LogP contribution in [-0.2, 0) is 6.42 Å². The predicted molar refractivity (Wildman–Crippen MR) is 68.4 cm³/mol. The van der Waals surface area contributed by atoms with Gasteiger partial charge in [0.1, 0.15) is 11.4 Å². The zero-order valence-corrected chi connectivity index (χ0v) is 10.5. The number of hydrogen-bond donors (Lipinski definition) is 1. The third-order valence-electron chi connectivity index (χ3n) is 2.73. The average molecular weight is 263 g/mol. The van der Waals surface area contributed by atoms with Crippen LogP contribution in [0.4, 0.5) is 11.5 Å². The van der Waals surface area contributed by atoms with Gasteiger partial charge in [-0.05, 0) is 12.5 Å². The summed E-state index contributed by atoms with van der Waals surface area (Å²) in [6, 6.07) is 4.27. The number of nitrogens with two attached hydrogens (primary N) is 1. The molecule has 0 radical (unpaired) electrons. The number of ether oxygens (including phenoxy) is 1. The topological polar surface area (TPSA) is 109 Å². The van der Waals surface area contributed by atoms with E-state index in [2.05, 4.69) is 10.3 Å². The Morgan fingerprint density at radius 2 is 2.26 bits per heavy atom. The number of hydrogen-bond acceptors (Lipinski definition) is 6. The second-order valence-electron chi connectivity index (χ2n) is 3.80. The maximum atomic E-state index is 10.8. The van der Waals surface area contributed by atoms with Crippen LogP contribution < -0.4 is 10.5 Å². The molecule has 8 heteroatoms. The van der Waals surface area contributed by atoms with Crippen molar-refractivity contribution in [3.63, 3.8) is 0 Å². The number of non-ortho nitro benzene ring substituents is 1. The van der Waals surface area contributed by atoms with Gasteiger partial charge in [0.15, 0.2) is 5.82 Å². The molecule has 2 aromatic rings. The standard InChI is InChI=1S/C11H13N5O3/c1-3-8-11(12)13-14-15(8)9-6-7(16(17)18)4-5-10(9)19-2/h4-6H,3,12H2,1-2H3.